The zero-order valence-electron chi connectivity index (χ0n) is 9.69. The molecular weight excluding hydrogens is 208 g/mol. The molecule has 0 nitrogen and oxygen atoms in total. The maximum atomic E-state index is 6.68. The largest absolute Gasteiger partial charge is 0.186 e. The molecule has 0 aliphatic rings. The molecule has 0 radical (unpaired) electrons. The molecular formula is C12H19ClSi. The van der Waals surface area contributed by atoms with E-state index in [-0.39, 0.29) is 0 Å². The van der Waals surface area contributed by atoms with Gasteiger partial charge >= 0.3 is 0 Å². The molecule has 1 rings (SSSR count). The fourth-order valence-electron chi connectivity index (χ4n) is 1.59. The van der Waals surface area contributed by atoms with Crippen LogP contribution in [0.4, 0.5) is 0 Å². The lowest BCUT2D eigenvalue weighted by Crippen LogP contribution is -2.42. The van der Waals surface area contributed by atoms with Crippen LogP contribution in [0.15, 0.2) is 18.2 Å². The molecule has 0 aromatic heterocycles. The second-order valence-electron chi connectivity index (χ2n) is 4.61. The summed E-state index contributed by atoms with van der Waals surface area (Å²) in [7, 11) is -1.75. The smallest absolute Gasteiger partial charge is 0.161 e. The van der Waals surface area contributed by atoms with Gasteiger partial charge in [-0.25, -0.2) is 0 Å². The fraction of sp³-hybridized carbons (Fsp3) is 0.500. The minimum atomic E-state index is -1.75. The zero-order chi connectivity index (χ0) is 10.9. The van der Waals surface area contributed by atoms with Crippen molar-refractivity contribution in [3.63, 3.8) is 0 Å². The summed E-state index contributed by atoms with van der Waals surface area (Å²) in [5, 5.41) is 1.37. The van der Waals surface area contributed by atoms with Gasteiger partial charge in [-0.05, 0) is 24.6 Å². The highest BCUT2D eigenvalue weighted by Gasteiger charge is 2.31. The second-order valence-corrected chi connectivity index (χ2v) is 10.8. The van der Waals surface area contributed by atoms with Gasteiger partial charge in [0.1, 0.15) is 0 Å². The Balaban J connectivity index is 3.18. The SMILES string of the molecule is Cc1cc(C)cc([Si](C)(Cl)C(C)C)c1. The van der Waals surface area contributed by atoms with E-state index in [0.29, 0.717) is 5.54 Å². The molecule has 2 heteroatoms. The van der Waals surface area contributed by atoms with E-state index in [1.54, 1.807) is 0 Å². The van der Waals surface area contributed by atoms with E-state index in [1.807, 2.05) is 0 Å². The van der Waals surface area contributed by atoms with Crippen LogP contribution in [0.25, 0.3) is 0 Å². The van der Waals surface area contributed by atoms with Crippen molar-refractivity contribution >= 4 is 23.6 Å². The molecule has 78 valence electrons. The molecule has 0 spiro atoms. The van der Waals surface area contributed by atoms with Crippen molar-refractivity contribution in [3.8, 4) is 0 Å². The predicted molar refractivity (Wildman–Crippen MR) is 68.1 cm³/mol. The van der Waals surface area contributed by atoms with Gasteiger partial charge in [-0.2, -0.15) is 11.1 Å². The van der Waals surface area contributed by atoms with Crippen LogP contribution < -0.4 is 5.19 Å². The van der Waals surface area contributed by atoms with Gasteiger partial charge in [0.25, 0.3) is 0 Å². The molecule has 0 bridgehead atoms. The summed E-state index contributed by atoms with van der Waals surface area (Å²) in [5.74, 6) is 0. The van der Waals surface area contributed by atoms with Gasteiger partial charge in [0.2, 0.25) is 0 Å². The Kier molecular flexibility index (Phi) is 3.43. The molecule has 0 N–H and O–H groups in total. The summed E-state index contributed by atoms with van der Waals surface area (Å²) in [4.78, 5) is 0. The standard InChI is InChI=1S/C12H19ClSi/c1-9(2)14(5,13)12-7-10(3)6-11(4)8-12/h6-9H,1-5H3. The Bertz CT molecular complexity index is 309. The van der Waals surface area contributed by atoms with Crippen LogP contribution in [0.2, 0.25) is 12.1 Å². The van der Waals surface area contributed by atoms with Crippen molar-refractivity contribution in [2.75, 3.05) is 0 Å². The third kappa shape index (κ3) is 2.40. The normalized spacial score (nSPS) is 15.6. The highest BCUT2D eigenvalue weighted by molar-refractivity contribution is 7.27. The Labute approximate surface area is 93.0 Å². The topological polar surface area (TPSA) is 0 Å². The minimum absolute atomic E-state index is 0.574. The molecule has 1 atom stereocenters. The third-order valence-electron chi connectivity index (χ3n) is 2.87. The number of benzene rings is 1. The van der Waals surface area contributed by atoms with Gasteiger partial charge < -0.3 is 0 Å². The van der Waals surface area contributed by atoms with E-state index in [9.17, 15) is 0 Å². The summed E-state index contributed by atoms with van der Waals surface area (Å²) in [5.41, 5.74) is 3.21. The molecule has 0 amide bonds. The molecule has 14 heavy (non-hydrogen) atoms. The van der Waals surface area contributed by atoms with Crippen molar-refractivity contribution in [1.29, 1.82) is 0 Å². The molecule has 1 aromatic rings. The molecule has 0 heterocycles. The van der Waals surface area contributed by atoms with Crippen molar-refractivity contribution in [2.45, 2.75) is 39.8 Å². The van der Waals surface area contributed by atoms with Gasteiger partial charge in [-0.15, -0.1) is 0 Å². The summed E-state index contributed by atoms with van der Waals surface area (Å²) in [6.45, 7) is 10.9. The van der Waals surface area contributed by atoms with Crippen LogP contribution >= 0.6 is 11.1 Å². The Morgan fingerprint density at radius 1 is 1.07 bits per heavy atom. The fourth-order valence-corrected chi connectivity index (χ4v) is 3.60. The second kappa shape index (κ2) is 4.07. The third-order valence-corrected chi connectivity index (χ3v) is 8.42. The van der Waals surface area contributed by atoms with Crippen LogP contribution in [-0.4, -0.2) is 7.38 Å². The van der Waals surface area contributed by atoms with E-state index in [2.05, 4.69) is 52.4 Å². The summed E-state index contributed by atoms with van der Waals surface area (Å²) < 4.78 is 0. The van der Waals surface area contributed by atoms with E-state index >= 15 is 0 Å². The van der Waals surface area contributed by atoms with Crippen LogP contribution in [0.3, 0.4) is 0 Å². The molecule has 0 saturated carbocycles. The first-order valence-corrected chi connectivity index (χ1v) is 8.70. The highest BCUT2D eigenvalue weighted by atomic mass is 35.6. The van der Waals surface area contributed by atoms with Crippen molar-refractivity contribution in [1.82, 2.24) is 0 Å². The Hall–Kier alpha value is -0.273. The average Bonchev–Trinajstić information content (AvgIpc) is 2.01. The van der Waals surface area contributed by atoms with Crippen molar-refractivity contribution in [3.05, 3.63) is 29.3 Å². The van der Waals surface area contributed by atoms with Gasteiger partial charge in [-0.1, -0.05) is 49.7 Å². The van der Waals surface area contributed by atoms with Gasteiger partial charge in [0, 0.05) is 0 Å². The minimum Gasteiger partial charge on any atom is -0.161 e. The predicted octanol–water partition coefficient (Wildman–Crippen LogP) is 3.73. The lowest BCUT2D eigenvalue weighted by atomic mass is 10.2. The van der Waals surface area contributed by atoms with Crippen LogP contribution in [0, 0.1) is 13.8 Å². The zero-order valence-corrected chi connectivity index (χ0v) is 11.4. The maximum absolute atomic E-state index is 6.68. The van der Waals surface area contributed by atoms with Crippen LogP contribution in [0.1, 0.15) is 25.0 Å². The van der Waals surface area contributed by atoms with E-state index < -0.39 is 7.38 Å². The number of halogens is 1. The molecule has 1 aromatic carbocycles. The summed E-state index contributed by atoms with van der Waals surface area (Å²) >= 11 is 6.68. The average molecular weight is 227 g/mol. The number of hydrogen-bond donors (Lipinski definition) is 0. The molecule has 0 aliphatic heterocycles. The first-order valence-electron chi connectivity index (χ1n) is 5.11. The van der Waals surface area contributed by atoms with Gasteiger partial charge in [-0.3, -0.25) is 0 Å². The monoisotopic (exact) mass is 226 g/mol. The molecule has 0 aliphatic carbocycles. The lowest BCUT2D eigenvalue weighted by Gasteiger charge is -2.25. The van der Waals surface area contributed by atoms with Crippen LogP contribution in [-0.2, 0) is 0 Å². The van der Waals surface area contributed by atoms with Crippen LogP contribution in [0.5, 0.6) is 0 Å². The first-order chi connectivity index (χ1) is 6.34. The van der Waals surface area contributed by atoms with E-state index in [4.69, 9.17) is 11.1 Å². The first kappa shape index (κ1) is 11.8. The van der Waals surface area contributed by atoms with Crippen molar-refractivity contribution in [2.24, 2.45) is 0 Å². The summed E-state index contributed by atoms with van der Waals surface area (Å²) in [6.07, 6.45) is 0. The van der Waals surface area contributed by atoms with Gasteiger partial charge in [0.15, 0.2) is 7.38 Å². The molecule has 0 fully saturated rings. The number of hydrogen-bond acceptors (Lipinski definition) is 0. The lowest BCUT2D eigenvalue weighted by molar-refractivity contribution is 1.04. The van der Waals surface area contributed by atoms with E-state index in [1.165, 1.54) is 16.3 Å². The Morgan fingerprint density at radius 3 is 1.86 bits per heavy atom. The number of rotatable bonds is 2. The Morgan fingerprint density at radius 2 is 1.50 bits per heavy atom. The number of aryl methyl sites for hydroxylation is 2. The summed E-state index contributed by atoms with van der Waals surface area (Å²) in [6, 6.07) is 6.68. The van der Waals surface area contributed by atoms with Crippen molar-refractivity contribution < 1.29 is 0 Å². The van der Waals surface area contributed by atoms with Gasteiger partial charge in [0.05, 0.1) is 0 Å². The highest BCUT2D eigenvalue weighted by Crippen LogP contribution is 2.25. The maximum Gasteiger partial charge on any atom is 0.186 e. The quantitative estimate of drug-likeness (QED) is 0.533. The molecule has 0 saturated heterocycles. The molecule has 1 unspecified atom stereocenters. The van der Waals surface area contributed by atoms with E-state index in [0.717, 1.165) is 0 Å².